The maximum atomic E-state index is 4.48. The standard InChI is InChI=1S/C36H26BrN3/c1-3-4-14-33-24(2)30-11-5-8-15-34(30)39(33)28-19-25(26-18-27(37)23-38-22-26)20-29(21-28)40-35-16-9-6-12-31(35)32-13-7-10-17-36(32)40/h3-23H,1H2,2H3/b14-4-. The van der Waals surface area contributed by atoms with Crippen LogP contribution in [0, 0.1) is 6.92 Å². The van der Waals surface area contributed by atoms with Gasteiger partial charge in [-0.05, 0) is 82.5 Å². The second kappa shape index (κ2) is 9.82. The molecular weight excluding hydrogens is 554 g/mol. The number of allylic oxidation sites excluding steroid dienone is 2. The van der Waals surface area contributed by atoms with Crippen molar-refractivity contribution in [2.45, 2.75) is 6.92 Å². The van der Waals surface area contributed by atoms with Crippen molar-refractivity contribution in [3.63, 3.8) is 0 Å². The van der Waals surface area contributed by atoms with E-state index < -0.39 is 0 Å². The summed E-state index contributed by atoms with van der Waals surface area (Å²) in [5.41, 5.74) is 10.2. The average molecular weight is 581 g/mol. The van der Waals surface area contributed by atoms with Gasteiger partial charge in [0.15, 0.2) is 0 Å². The molecule has 3 aromatic heterocycles. The first-order valence-corrected chi connectivity index (χ1v) is 14.1. The molecule has 4 aromatic carbocycles. The summed E-state index contributed by atoms with van der Waals surface area (Å²) in [6, 6.07) is 34.8. The highest BCUT2D eigenvalue weighted by molar-refractivity contribution is 9.10. The zero-order valence-electron chi connectivity index (χ0n) is 22.1. The minimum absolute atomic E-state index is 0.950. The normalized spacial score (nSPS) is 11.8. The van der Waals surface area contributed by atoms with Gasteiger partial charge in [0, 0.05) is 55.7 Å². The molecule has 3 heterocycles. The Morgan fingerprint density at radius 3 is 1.88 bits per heavy atom. The van der Waals surface area contributed by atoms with Crippen LogP contribution >= 0.6 is 15.9 Å². The lowest BCUT2D eigenvalue weighted by Gasteiger charge is -2.16. The number of fused-ring (bicyclic) bond motifs is 4. The van der Waals surface area contributed by atoms with Crippen molar-refractivity contribution in [3.05, 3.63) is 144 Å². The van der Waals surface area contributed by atoms with Crippen LogP contribution in [-0.4, -0.2) is 14.1 Å². The number of para-hydroxylation sites is 3. The fourth-order valence-corrected chi connectivity index (χ4v) is 6.21. The molecule has 0 spiro atoms. The zero-order chi connectivity index (χ0) is 27.2. The molecule has 4 heteroatoms. The minimum atomic E-state index is 0.950. The van der Waals surface area contributed by atoms with Crippen LogP contribution in [0.15, 0.2) is 133 Å². The molecule has 3 nitrogen and oxygen atoms in total. The van der Waals surface area contributed by atoms with E-state index in [4.69, 9.17) is 0 Å². The number of hydrogen-bond donors (Lipinski definition) is 0. The fraction of sp³-hybridized carbons (Fsp3) is 0.0278. The van der Waals surface area contributed by atoms with Gasteiger partial charge >= 0.3 is 0 Å². The van der Waals surface area contributed by atoms with E-state index >= 15 is 0 Å². The summed E-state index contributed by atoms with van der Waals surface area (Å²) in [5.74, 6) is 0. The van der Waals surface area contributed by atoms with E-state index in [0.29, 0.717) is 0 Å². The molecule has 192 valence electrons. The monoisotopic (exact) mass is 579 g/mol. The Kier molecular flexibility index (Phi) is 5.98. The molecule has 0 atom stereocenters. The van der Waals surface area contributed by atoms with Crippen molar-refractivity contribution in [2.24, 2.45) is 0 Å². The second-order valence-corrected chi connectivity index (χ2v) is 10.9. The number of aromatic nitrogens is 3. The Morgan fingerprint density at radius 2 is 1.25 bits per heavy atom. The van der Waals surface area contributed by atoms with Crippen LogP contribution in [0.5, 0.6) is 0 Å². The summed E-state index contributed by atoms with van der Waals surface area (Å²) in [5, 5.41) is 3.72. The molecule has 0 aliphatic rings. The van der Waals surface area contributed by atoms with Crippen LogP contribution in [0.25, 0.3) is 61.3 Å². The first-order chi connectivity index (χ1) is 19.6. The molecule has 40 heavy (non-hydrogen) atoms. The van der Waals surface area contributed by atoms with Gasteiger partial charge in [0.05, 0.1) is 16.6 Å². The molecular formula is C36H26BrN3. The number of hydrogen-bond acceptors (Lipinski definition) is 1. The summed E-state index contributed by atoms with van der Waals surface area (Å²) in [7, 11) is 0. The van der Waals surface area contributed by atoms with Gasteiger partial charge in [-0.3, -0.25) is 4.98 Å². The Hall–Kier alpha value is -4.67. The molecule has 0 fully saturated rings. The van der Waals surface area contributed by atoms with Crippen molar-refractivity contribution in [1.29, 1.82) is 0 Å². The maximum absolute atomic E-state index is 4.48. The molecule has 0 amide bonds. The topological polar surface area (TPSA) is 22.8 Å². The highest BCUT2D eigenvalue weighted by atomic mass is 79.9. The lowest BCUT2D eigenvalue weighted by Crippen LogP contribution is -2.02. The molecule has 0 radical (unpaired) electrons. The first kappa shape index (κ1) is 24.4. The molecule has 0 N–H and O–H groups in total. The van der Waals surface area contributed by atoms with Gasteiger partial charge in [-0.2, -0.15) is 0 Å². The summed E-state index contributed by atoms with van der Waals surface area (Å²) in [4.78, 5) is 4.48. The quantitative estimate of drug-likeness (QED) is 0.186. The van der Waals surface area contributed by atoms with Crippen LogP contribution in [-0.2, 0) is 0 Å². The summed E-state index contributed by atoms with van der Waals surface area (Å²) in [6.07, 6.45) is 9.73. The Balaban J connectivity index is 1.61. The van der Waals surface area contributed by atoms with Gasteiger partial charge in [0.2, 0.25) is 0 Å². The minimum Gasteiger partial charge on any atom is -0.309 e. The smallest absolute Gasteiger partial charge is 0.0541 e. The van der Waals surface area contributed by atoms with E-state index in [1.54, 1.807) is 0 Å². The van der Waals surface area contributed by atoms with Crippen molar-refractivity contribution < 1.29 is 0 Å². The van der Waals surface area contributed by atoms with Crippen molar-refractivity contribution in [2.75, 3.05) is 0 Å². The van der Waals surface area contributed by atoms with Crippen molar-refractivity contribution in [3.8, 4) is 22.5 Å². The van der Waals surface area contributed by atoms with Crippen molar-refractivity contribution in [1.82, 2.24) is 14.1 Å². The Morgan fingerprint density at radius 1 is 0.675 bits per heavy atom. The number of rotatable bonds is 5. The van der Waals surface area contributed by atoms with E-state index in [2.05, 4.69) is 147 Å². The van der Waals surface area contributed by atoms with Crippen LogP contribution in [0.3, 0.4) is 0 Å². The zero-order valence-corrected chi connectivity index (χ0v) is 23.6. The third-order valence-electron chi connectivity index (χ3n) is 7.60. The molecule has 0 unspecified atom stereocenters. The number of pyridine rings is 1. The van der Waals surface area contributed by atoms with E-state index in [0.717, 1.165) is 32.7 Å². The molecule has 0 saturated carbocycles. The van der Waals surface area contributed by atoms with E-state index in [9.17, 15) is 0 Å². The van der Waals surface area contributed by atoms with Crippen molar-refractivity contribution >= 4 is 54.7 Å². The van der Waals surface area contributed by atoms with Gasteiger partial charge in [-0.25, -0.2) is 0 Å². The van der Waals surface area contributed by atoms with E-state index in [1.165, 1.54) is 38.3 Å². The first-order valence-electron chi connectivity index (χ1n) is 13.3. The Labute approximate surface area is 241 Å². The van der Waals surface area contributed by atoms with Gasteiger partial charge in [-0.1, -0.05) is 73.3 Å². The van der Waals surface area contributed by atoms with E-state index in [1.807, 2.05) is 24.5 Å². The number of halogens is 1. The number of benzene rings is 4. The van der Waals surface area contributed by atoms with Crippen LogP contribution in [0.1, 0.15) is 11.3 Å². The van der Waals surface area contributed by atoms with Gasteiger partial charge < -0.3 is 9.13 Å². The molecule has 7 aromatic rings. The summed E-state index contributed by atoms with van der Waals surface area (Å²) < 4.78 is 5.68. The largest absolute Gasteiger partial charge is 0.309 e. The molecule has 0 aliphatic carbocycles. The number of aryl methyl sites for hydroxylation is 1. The third kappa shape index (κ3) is 3.92. The van der Waals surface area contributed by atoms with E-state index in [-0.39, 0.29) is 0 Å². The average Bonchev–Trinajstić information content (AvgIpc) is 3.48. The third-order valence-corrected chi connectivity index (χ3v) is 8.04. The fourth-order valence-electron chi connectivity index (χ4n) is 5.85. The maximum Gasteiger partial charge on any atom is 0.0541 e. The predicted molar refractivity (Wildman–Crippen MR) is 173 cm³/mol. The lowest BCUT2D eigenvalue weighted by molar-refractivity contribution is 1.08. The highest BCUT2D eigenvalue weighted by Gasteiger charge is 2.18. The molecule has 0 saturated heterocycles. The molecule has 0 bridgehead atoms. The predicted octanol–water partition coefficient (Wildman–Crippen LogP) is 10.1. The Bertz CT molecular complexity index is 2060. The summed E-state index contributed by atoms with van der Waals surface area (Å²) >= 11 is 3.63. The SMILES string of the molecule is C=C/C=C\c1c(C)c2ccccc2n1-c1cc(-c2cncc(Br)c2)cc(-n2c3ccccc3c3ccccc32)c1. The van der Waals surface area contributed by atoms with Gasteiger partial charge in [-0.15, -0.1) is 0 Å². The van der Waals surface area contributed by atoms with Crippen LogP contribution in [0.4, 0.5) is 0 Å². The lowest BCUT2D eigenvalue weighted by atomic mass is 10.1. The van der Waals surface area contributed by atoms with Gasteiger partial charge in [0.1, 0.15) is 0 Å². The summed E-state index contributed by atoms with van der Waals surface area (Å²) in [6.45, 7) is 6.11. The number of nitrogens with zero attached hydrogens (tertiary/aromatic N) is 3. The van der Waals surface area contributed by atoms with Crippen LogP contribution < -0.4 is 0 Å². The highest BCUT2D eigenvalue weighted by Crippen LogP contribution is 2.37. The second-order valence-electron chi connectivity index (χ2n) is 9.96. The molecule has 0 aliphatic heterocycles. The molecule has 7 rings (SSSR count). The van der Waals surface area contributed by atoms with Crippen LogP contribution in [0.2, 0.25) is 0 Å². The van der Waals surface area contributed by atoms with Gasteiger partial charge in [0.25, 0.3) is 0 Å².